The molecular weight excluding hydrogens is 356 g/mol. The van der Waals surface area contributed by atoms with E-state index in [2.05, 4.69) is 11.4 Å². The molecule has 148 valence electrons. The summed E-state index contributed by atoms with van der Waals surface area (Å²) in [6, 6.07) is 6.16. The molecule has 0 unspecified atom stereocenters. The molecule has 3 rings (SSSR count). The van der Waals surface area contributed by atoms with E-state index in [0.29, 0.717) is 12.8 Å². The average molecular weight is 382 g/mol. The summed E-state index contributed by atoms with van der Waals surface area (Å²) in [4.78, 5) is 24.8. The van der Waals surface area contributed by atoms with Crippen LogP contribution in [0.15, 0.2) is 22.8 Å². The van der Waals surface area contributed by atoms with Crippen LogP contribution in [-0.2, 0) is 20.7 Å². The highest BCUT2D eigenvalue weighted by atomic mass is 16.5. The molecule has 0 saturated heterocycles. The number of amides is 1. The van der Waals surface area contributed by atoms with Crippen molar-refractivity contribution >= 4 is 22.8 Å². The summed E-state index contributed by atoms with van der Waals surface area (Å²) >= 11 is 0. The lowest BCUT2D eigenvalue weighted by atomic mass is 9.83. The molecule has 1 aromatic heterocycles. The Bertz CT molecular complexity index is 932. The molecule has 1 amide bonds. The lowest BCUT2D eigenvalue weighted by Crippen LogP contribution is -2.52. The number of aryl methyl sites for hydroxylation is 2. The molecule has 1 aliphatic carbocycles. The number of nitrogens with zero attached hydrogens (tertiary/aromatic N) is 1. The third-order valence-electron chi connectivity index (χ3n) is 5.64. The number of hydrogen-bond acceptors (Lipinski definition) is 5. The fourth-order valence-electron chi connectivity index (χ4n) is 3.73. The van der Waals surface area contributed by atoms with Crippen LogP contribution in [0.2, 0.25) is 0 Å². The van der Waals surface area contributed by atoms with Crippen molar-refractivity contribution in [3.8, 4) is 6.07 Å². The van der Waals surface area contributed by atoms with E-state index in [1.165, 1.54) is 6.92 Å². The van der Waals surface area contributed by atoms with Crippen molar-refractivity contribution in [2.45, 2.75) is 70.9 Å². The molecule has 1 N–H and O–H groups in total. The molecule has 0 radical (unpaired) electrons. The average Bonchev–Trinajstić information content (AvgIpc) is 3.08. The predicted molar refractivity (Wildman–Crippen MR) is 105 cm³/mol. The van der Waals surface area contributed by atoms with Crippen LogP contribution in [0.5, 0.6) is 0 Å². The first-order valence-corrected chi connectivity index (χ1v) is 9.74. The van der Waals surface area contributed by atoms with Crippen molar-refractivity contribution in [1.82, 2.24) is 5.32 Å². The molecule has 1 heterocycles. The van der Waals surface area contributed by atoms with Gasteiger partial charge in [0.15, 0.2) is 6.10 Å². The molecule has 1 aromatic carbocycles. The summed E-state index contributed by atoms with van der Waals surface area (Å²) in [7, 11) is 0. The van der Waals surface area contributed by atoms with Gasteiger partial charge in [0, 0.05) is 10.9 Å². The van der Waals surface area contributed by atoms with Gasteiger partial charge < -0.3 is 14.5 Å². The maximum atomic E-state index is 12.4. The molecule has 1 atom stereocenters. The minimum absolute atomic E-state index is 0.0243. The molecule has 1 aliphatic rings. The van der Waals surface area contributed by atoms with Crippen molar-refractivity contribution in [1.29, 1.82) is 5.26 Å². The number of esters is 1. The fourth-order valence-corrected chi connectivity index (χ4v) is 3.73. The quantitative estimate of drug-likeness (QED) is 0.793. The second-order valence-corrected chi connectivity index (χ2v) is 7.70. The Labute approximate surface area is 164 Å². The first kappa shape index (κ1) is 19.9. The summed E-state index contributed by atoms with van der Waals surface area (Å²) in [6.45, 7) is 5.51. The monoisotopic (exact) mass is 382 g/mol. The van der Waals surface area contributed by atoms with Crippen molar-refractivity contribution < 1.29 is 18.7 Å². The van der Waals surface area contributed by atoms with E-state index in [0.717, 1.165) is 46.9 Å². The number of ether oxygens (including phenoxy) is 1. The van der Waals surface area contributed by atoms with Crippen LogP contribution in [0, 0.1) is 25.2 Å². The molecule has 1 saturated carbocycles. The Hall–Kier alpha value is -2.81. The molecule has 0 bridgehead atoms. The predicted octanol–water partition coefficient (Wildman–Crippen LogP) is 3.87. The molecule has 1 fully saturated rings. The Morgan fingerprint density at radius 2 is 2.00 bits per heavy atom. The van der Waals surface area contributed by atoms with Gasteiger partial charge in [-0.25, -0.2) is 0 Å². The molecular formula is C22H26N2O4. The normalized spacial score (nSPS) is 16.9. The highest BCUT2D eigenvalue weighted by molar-refractivity contribution is 5.89. The highest BCUT2D eigenvalue weighted by Crippen LogP contribution is 2.28. The van der Waals surface area contributed by atoms with E-state index in [4.69, 9.17) is 9.15 Å². The zero-order valence-corrected chi connectivity index (χ0v) is 16.6. The van der Waals surface area contributed by atoms with Crippen LogP contribution in [0.25, 0.3) is 11.0 Å². The van der Waals surface area contributed by atoms with E-state index in [-0.39, 0.29) is 6.42 Å². The summed E-state index contributed by atoms with van der Waals surface area (Å²) < 4.78 is 10.9. The number of hydrogen-bond donors (Lipinski definition) is 1. The van der Waals surface area contributed by atoms with Gasteiger partial charge in [0.2, 0.25) is 0 Å². The van der Waals surface area contributed by atoms with Crippen molar-refractivity contribution in [3.63, 3.8) is 0 Å². The van der Waals surface area contributed by atoms with E-state index >= 15 is 0 Å². The van der Waals surface area contributed by atoms with E-state index in [1.807, 2.05) is 26.0 Å². The molecule has 0 spiro atoms. The number of benzene rings is 1. The Balaban J connectivity index is 1.62. The minimum Gasteiger partial charge on any atom is -0.464 e. The number of carbonyl (C=O) groups excluding carboxylic acids is 2. The summed E-state index contributed by atoms with van der Waals surface area (Å²) in [5.41, 5.74) is 2.82. The summed E-state index contributed by atoms with van der Waals surface area (Å²) in [5.74, 6) is -0.932. The van der Waals surface area contributed by atoms with Gasteiger partial charge in [-0.15, -0.1) is 0 Å². The largest absolute Gasteiger partial charge is 0.464 e. The standard InChI is InChI=1S/C22H26N2O4/c1-14-7-8-18-17(12-27-20(18)15(14)2)11-19(25)28-16(3)21(26)24-22(13-23)9-5-4-6-10-22/h7-8,12,16H,4-6,9-11H2,1-3H3,(H,24,26)/t16-/m1/s1. The van der Waals surface area contributed by atoms with E-state index < -0.39 is 23.5 Å². The van der Waals surface area contributed by atoms with Crippen LogP contribution in [0.1, 0.15) is 55.7 Å². The van der Waals surface area contributed by atoms with Crippen LogP contribution in [0.4, 0.5) is 0 Å². The Morgan fingerprint density at radius 1 is 1.29 bits per heavy atom. The highest BCUT2D eigenvalue weighted by Gasteiger charge is 2.35. The lowest BCUT2D eigenvalue weighted by molar-refractivity contribution is -0.154. The number of nitrogens with one attached hydrogen (secondary N) is 1. The van der Waals surface area contributed by atoms with Gasteiger partial charge in [0.25, 0.3) is 5.91 Å². The third kappa shape index (κ3) is 4.04. The fraction of sp³-hybridized carbons (Fsp3) is 0.500. The second kappa shape index (κ2) is 8.05. The zero-order chi connectivity index (χ0) is 20.3. The van der Waals surface area contributed by atoms with Gasteiger partial charge in [-0.3, -0.25) is 9.59 Å². The topological polar surface area (TPSA) is 92.3 Å². The summed E-state index contributed by atoms with van der Waals surface area (Å²) in [6.07, 6.45) is 4.80. The van der Waals surface area contributed by atoms with Crippen molar-refractivity contribution in [2.75, 3.05) is 0 Å². The van der Waals surface area contributed by atoms with Gasteiger partial charge in [-0.05, 0) is 44.7 Å². The number of carbonyl (C=O) groups is 2. The number of nitriles is 1. The Morgan fingerprint density at radius 3 is 2.68 bits per heavy atom. The number of rotatable bonds is 5. The molecule has 6 nitrogen and oxygen atoms in total. The number of fused-ring (bicyclic) bond motifs is 1. The van der Waals surface area contributed by atoms with Crippen molar-refractivity contribution in [2.24, 2.45) is 0 Å². The maximum absolute atomic E-state index is 12.4. The molecule has 0 aliphatic heterocycles. The first-order chi connectivity index (χ1) is 13.3. The lowest BCUT2D eigenvalue weighted by Gasteiger charge is -2.32. The van der Waals surface area contributed by atoms with Crippen LogP contribution in [-0.4, -0.2) is 23.5 Å². The second-order valence-electron chi connectivity index (χ2n) is 7.70. The van der Waals surface area contributed by atoms with Gasteiger partial charge in [0.1, 0.15) is 11.1 Å². The van der Waals surface area contributed by atoms with Gasteiger partial charge in [-0.2, -0.15) is 5.26 Å². The maximum Gasteiger partial charge on any atom is 0.311 e. The first-order valence-electron chi connectivity index (χ1n) is 9.74. The van der Waals surface area contributed by atoms with Gasteiger partial charge in [0.05, 0.1) is 18.8 Å². The number of furan rings is 1. The van der Waals surface area contributed by atoms with E-state index in [1.54, 1.807) is 6.26 Å². The zero-order valence-electron chi connectivity index (χ0n) is 16.6. The van der Waals surface area contributed by atoms with Crippen molar-refractivity contribution in [3.05, 3.63) is 35.1 Å². The summed E-state index contributed by atoms with van der Waals surface area (Å²) in [5, 5.41) is 13.2. The molecule has 6 heteroatoms. The Kier molecular flexibility index (Phi) is 5.73. The third-order valence-corrected chi connectivity index (χ3v) is 5.64. The smallest absolute Gasteiger partial charge is 0.311 e. The molecule has 28 heavy (non-hydrogen) atoms. The van der Waals surface area contributed by atoms with E-state index in [9.17, 15) is 14.9 Å². The van der Waals surface area contributed by atoms with Crippen LogP contribution >= 0.6 is 0 Å². The van der Waals surface area contributed by atoms with Gasteiger partial charge >= 0.3 is 5.97 Å². The van der Waals surface area contributed by atoms with Crippen LogP contribution < -0.4 is 5.32 Å². The SMILES string of the molecule is Cc1ccc2c(CC(=O)O[C@H](C)C(=O)NC3(C#N)CCCCC3)coc2c1C. The molecule has 2 aromatic rings. The van der Waals surface area contributed by atoms with Gasteiger partial charge in [-0.1, -0.05) is 31.4 Å². The minimum atomic E-state index is -0.957. The van der Waals surface area contributed by atoms with Crippen LogP contribution in [0.3, 0.4) is 0 Å².